The lowest BCUT2D eigenvalue weighted by atomic mass is 9.93. The SMILES string of the molecule is O=C(O)CCC1CCCN(C(=O)C2CC2CNC(=O)OCC2c3ccccc3-c3ccccc32)C1. The normalized spacial score (nSPS) is 22.7. The molecule has 35 heavy (non-hydrogen) atoms. The largest absolute Gasteiger partial charge is 0.481 e. The summed E-state index contributed by atoms with van der Waals surface area (Å²) >= 11 is 0. The van der Waals surface area contributed by atoms with Crippen LogP contribution in [-0.2, 0) is 14.3 Å². The highest BCUT2D eigenvalue weighted by molar-refractivity contribution is 5.82. The van der Waals surface area contributed by atoms with Gasteiger partial charge in [0.05, 0.1) is 0 Å². The smallest absolute Gasteiger partial charge is 0.407 e. The first-order valence-corrected chi connectivity index (χ1v) is 12.6. The van der Waals surface area contributed by atoms with Crippen molar-refractivity contribution in [2.75, 3.05) is 26.2 Å². The van der Waals surface area contributed by atoms with Gasteiger partial charge in [-0.15, -0.1) is 0 Å². The molecule has 2 N–H and O–H groups in total. The molecule has 1 aliphatic heterocycles. The third-order valence-electron chi connectivity index (χ3n) is 7.69. The summed E-state index contributed by atoms with van der Waals surface area (Å²) in [6.45, 7) is 2.10. The number of nitrogens with one attached hydrogen (secondary N) is 1. The Morgan fingerprint density at radius 1 is 1.03 bits per heavy atom. The van der Waals surface area contributed by atoms with Crippen molar-refractivity contribution in [3.8, 4) is 11.1 Å². The van der Waals surface area contributed by atoms with E-state index in [1.165, 1.54) is 22.3 Å². The zero-order valence-electron chi connectivity index (χ0n) is 19.8. The summed E-state index contributed by atoms with van der Waals surface area (Å²) in [4.78, 5) is 38.1. The van der Waals surface area contributed by atoms with Crippen molar-refractivity contribution in [1.29, 1.82) is 0 Å². The van der Waals surface area contributed by atoms with E-state index in [0.717, 1.165) is 25.8 Å². The van der Waals surface area contributed by atoms with Gasteiger partial charge in [-0.25, -0.2) is 4.79 Å². The van der Waals surface area contributed by atoms with Gasteiger partial charge in [-0.3, -0.25) is 9.59 Å². The van der Waals surface area contributed by atoms with Crippen LogP contribution in [0.4, 0.5) is 4.79 Å². The number of ether oxygens (including phenoxy) is 1. The zero-order chi connectivity index (χ0) is 24.4. The number of rotatable bonds is 8. The lowest BCUT2D eigenvalue weighted by Crippen LogP contribution is -2.41. The quantitative estimate of drug-likeness (QED) is 0.593. The number of aliphatic carboxylic acids is 1. The maximum atomic E-state index is 12.9. The summed E-state index contributed by atoms with van der Waals surface area (Å²) in [5.41, 5.74) is 4.74. The number of piperidine rings is 1. The number of carbonyl (C=O) groups excluding carboxylic acids is 2. The summed E-state index contributed by atoms with van der Waals surface area (Å²) in [6, 6.07) is 16.5. The van der Waals surface area contributed by atoms with Crippen molar-refractivity contribution in [2.24, 2.45) is 17.8 Å². The van der Waals surface area contributed by atoms with Crippen molar-refractivity contribution >= 4 is 18.0 Å². The fourth-order valence-corrected chi connectivity index (χ4v) is 5.70. The predicted octanol–water partition coefficient (Wildman–Crippen LogP) is 4.26. The van der Waals surface area contributed by atoms with Gasteiger partial charge >= 0.3 is 12.1 Å². The number of likely N-dealkylation sites (tertiary alicyclic amines) is 1. The van der Waals surface area contributed by atoms with Gasteiger partial charge < -0.3 is 20.1 Å². The third kappa shape index (κ3) is 5.19. The number of nitrogens with zero attached hydrogens (tertiary/aromatic N) is 1. The molecule has 2 amide bonds. The summed E-state index contributed by atoms with van der Waals surface area (Å²) < 4.78 is 5.60. The lowest BCUT2D eigenvalue weighted by Gasteiger charge is -2.33. The predicted molar refractivity (Wildman–Crippen MR) is 131 cm³/mol. The van der Waals surface area contributed by atoms with Crippen LogP contribution in [-0.4, -0.2) is 54.2 Å². The minimum absolute atomic E-state index is 0.0246. The summed E-state index contributed by atoms with van der Waals surface area (Å²) in [7, 11) is 0. The minimum atomic E-state index is -0.782. The fourth-order valence-electron chi connectivity index (χ4n) is 5.70. The van der Waals surface area contributed by atoms with Crippen LogP contribution in [0, 0.1) is 17.8 Å². The molecule has 184 valence electrons. The van der Waals surface area contributed by atoms with Crippen molar-refractivity contribution in [3.05, 3.63) is 59.7 Å². The Hall–Kier alpha value is -3.35. The van der Waals surface area contributed by atoms with Gasteiger partial charge in [-0.1, -0.05) is 48.5 Å². The van der Waals surface area contributed by atoms with Gasteiger partial charge in [0.15, 0.2) is 0 Å². The van der Waals surface area contributed by atoms with Gasteiger partial charge in [-0.05, 0) is 59.8 Å². The van der Waals surface area contributed by atoms with Gasteiger partial charge in [0, 0.05) is 37.9 Å². The van der Waals surface area contributed by atoms with Gasteiger partial charge in [-0.2, -0.15) is 0 Å². The Bertz CT molecular complexity index is 1070. The van der Waals surface area contributed by atoms with Crippen molar-refractivity contribution in [1.82, 2.24) is 10.2 Å². The first-order valence-electron chi connectivity index (χ1n) is 12.6. The number of hydrogen-bond acceptors (Lipinski definition) is 4. The molecule has 7 heteroatoms. The number of carbonyl (C=O) groups is 3. The van der Waals surface area contributed by atoms with Crippen molar-refractivity contribution in [2.45, 2.75) is 38.0 Å². The van der Waals surface area contributed by atoms with E-state index >= 15 is 0 Å². The van der Waals surface area contributed by atoms with Crippen LogP contribution in [0.3, 0.4) is 0 Å². The summed E-state index contributed by atoms with van der Waals surface area (Å²) in [5.74, 6) is -0.264. The van der Waals surface area contributed by atoms with E-state index in [0.29, 0.717) is 19.5 Å². The average Bonchev–Trinajstić information content (AvgIpc) is 3.59. The van der Waals surface area contributed by atoms with Crippen LogP contribution in [0.2, 0.25) is 0 Å². The molecule has 1 saturated heterocycles. The van der Waals surface area contributed by atoms with E-state index in [1.807, 2.05) is 29.2 Å². The molecule has 5 rings (SSSR count). The molecular weight excluding hydrogens is 444 g/mol. The molecule has 2 aliphatic carbocycles. The minimum Gasteiger partial charge on any atom is -0.481 e. The van der Waals surface area contributed by atoms with Crippen molar-refractivity contribution < 1.29 is 24.2 Å². The van der Waals surface area contributed by atoms with Crippen LogP contribution >= 0.6 is 0 Å². The van der Waals surface area contributed by atoms with E-state index in [1.54, 1.807) is 0 Å². The van der Waals surface area contributed by atoms with E-state index in [4.69, 9.17) is 9.84 Å². The molecule has 0 spiro atoms. The maximum Gasteiger partial charge on any atom is 0.407 e. The second-order valence-corrected chi connectivity index (χ2v) is 10.0. The first-order chi connectivity index (χ1) is 17.0. The number of carboxylic acid groups (broad SMARTS) is 1. The standard InChI is InChI=1S/C28H32N2O5/c31-26(32)12-11-18-6-5-13-30(16-18)27(33)24-14-19(24)15-29-28(34)35-17-25-22-9-3-1-7-20(22)21-8-2-4-10-23(21)25/h1-4,7-10,18-19,24-25H,5-6,11-17H2,(H,29,34)(H,31,32). The molecule has 0 radical (unpaired) electrons. The Morgan fingerprint density at radius 3 is 2.40 bits per heavy atom. The monoisotopic (exact) mass is 476 g/mol. The second kappa shape index (κ2) is 10.1. The molecule has 1 heterocycles. The second-order valence-electron chi connectivity index (χ2n) is 10.0. The van der Waals surface area contributed by atoms with E-state index in [2.05, 4.69) is 29.6 Å². The average molecular weight is 477 g/mol. The van der Waals surface area contributed by atoms with Crippen molar-refractivity contribution in [3.63, 3.8) is 0 Å². The van der Waals surface area contributed by atoms with Crippen LogP contribution in [0.25, 0.3) is 11.1 Å². The molecule has 0 bridgehead atoms. The highest BCUT2D eigenvalue weighted by atomic mass is 16.5. The van der Waals surface area contributed by atoms with Gasteiger partial charge in [0.25, 0.3) is 0 Å². The number of carboxylic acids is 1. The summed E-state index contributed by atoms with van der Waals surface area (Å²) in [5, 5.41) is 11.8. The topological polar surface area (TPSA) is 95.9 Å². The van der Waals surface area contributed by atoms with E-state index < -0.39 is 12.1 Å². The fraction of sp³-hybridized carbons (Fsp3) is 0.464. The highest BCUT2D eigenvalue weighted by Crippen LogP contribution is 2.44. The Balaban J connectivity index is 1.07. The van der Waals surface area contributed by atoms with Crippen LogP contribution in [0.1, 0.15) is 49.1 Å². The Kier molecular flexibility index (Phi) is 6.75. The molecule has 7 nitrogen and oxygen atoms in total. The van der Waals surface area contributed by atoms with Crippen LogP contribution in [0.5, 0.6) is 0 Å². The van der Waals surface area contributed by atoms with Crippen LogP contribution < -0.4 is 5.32 Å². The van der Waals surface area contributed by atoms with Crippen LogP contribution in [0.15, 0.2) is 48.5 Å². The number of hydrogen-bond donors (Lipinski definition) is 2. The molecule has 3 unspecified atom stereocenters. The molecular formula is C28H32N2O5. The Labute approximate surface area is 205 Å². The maximum absolute atomic E-state index is 12.9. The molecule has 3 aliphatic rings. The molecule has 2 fully saturated rings. The van der Waals surface area contributed by atoms with E-state index in [9.17, 15) is 14.4 Å². The lowest BCUT2D eigenvalue weighted by molar-refractivity contribution is -0.137. The number of benzene rings is 2. The number of alkyl carbamates (subject to hydrolysis) is 1. The third-order valence-corrected chi connectivity index (χ3v) is 7.69. The molecule has 3 atom stereocenters. The molecule has 1 saturated carbocycles. The Morgan fingerprint density at radius 2 is 1.71 bits per heavy atom. The first kappa shape index (κ1) is 23.4. The molecule has 0 aromatic heterocycles. The highest BCUT2D eigenvalue weighted by Gasteiger charge is 2.45. The van der Waals surface area contributed by atoms with Gasteiger partial charge in [0.1, 0.15) is 6.61 Å². The zero-order valence-corrected chi connectivity index (χ0v) is 19.8. The van der Waals surface area contributed by atoms with E-state index in [-0.39, 0.29) is 42.6 Å². The number of amides is 2. The summed E-state index contributed by atoms with van der Waals surface area (Å²) in [6.07, 6.45) is 3.01. The molecule has 2 aromatic carbocycles. The molecule has 2 aromatic rings. The van der Waals surface area contributed by atoms with Gasteiger partial charge in [0.2, 0.25) is 5.91 Å². The number of fused-ring (bicyclic) bond motifs is 3.